The van der Waals surface area contributed by atoms with E-state index in [4.69, 9.17) is 0 Å². The van der Waals surface area contributed by atoms with Gasteiger partial charge < -0.3 is 5.32 Å². The first kappa shape index (κ1) is 19.3. The lowest BCUT2D eigenvalue weighted by Crippen LogP contribution is -2.38. The normalized spacial score (nSPS) is 23.7. The Morgan fingerprint density at radius 3 is 2.54 bits per heavy atom. The Hall–Kier alpha value is -2.00. The van der Waals surface area contributed by atoms with Crippen molar-refractivity contribution in [3.63, 3.8) is 0 Å². The Bertz CT molecular complexity index is 834. The fraction of sp³-hybridized carbons (Fsp3) is 0.480. The van der Waals surface area contributed by atoms with Crippen LogP contribution >= 0.6 is 0 Å². The quantitative estimate of drug-likeness (QED) is 0.537. The number of hydrogen-bond acceptors (Lipinski definition) is 2. The van der Waals surface area contributed by atoms with Crippen LogP contribution in [0.2, 0.25) is 0 Å². The maximum Gasteiger partial charge on any atom is 0.162 e. The Morgan fingerprint density at radius 1 is 1.07 bits per heavy atom. The van der Waals surface area contributed by atoms with Gasteiger partial charge in [-0.05, 0) is 99.2 Å². The number of benzene rings is 2. The molecule has 1 saturated carbocycles. The molecule has 0 aromatic heterocycles. The van der Waals surface area contributed by atoms with Crippen LogP contribution in [0.3, 0.4) is 0 Å². The number of halogens is 1. The Balaban J connectivity index is 1.18. The summed E-state index contributed by atoms with van der Waals surface area (Å²) in [6.07, 6.45) is 8.93. The zero-order valence-electron chi connectivity index (χ0n) is 16.8. The van der Waals surface area contributed by atoms with Crippen LogP contribution in [-0.2, 0) is 12.8 Å². The molecule has 0 amide bonds. The second-order valence-electron chi connectivity index (χ2n) is 8.89. The highest BCUT2D eigenvalue weighted by atomic mass is 19.1. The van der Waals surface area contributed by atoms with Gasteiger partial charge in [0.1, 0.15) is 5.82 Å². The van der Waals surface area contributed by atoms with Crippen LogP contribution in [0.25, 0.3) is 0 Å². The van der Waals surface area contributed by atoms with E-state index in [-0.39, 0.29) is 11.6 Å². The standard InChI is InChI=1S/C25H30FNO/c1-18-4-5-20-16-25(17-21(20)15-18)12-10-23(11-13-25)27-14-2-3-24(28)19-6-8-22(26)9-7-19/h4-9,15,23,27H,2-3,10-14,16-17H2,1H3. The van der Waals surface area contributed by atoms with Gasteiger partial charge in [-0.1, -0.05) is 23.8 Å². The van der Waals surface area contributed by atoms with E-state index in [0.717, 1.165) is 13.0 Å². The number of ketones is 1. The average Bonchev–Trinajstić information content (AvgIpc) is 3.04. The van der Waals surface area contributed by atoms with E-state index in [9.17, 15) is 9.18 Å². The van der Waals surface area contributed by atoms with E-state index < -0.39 is 0 Å². The second-order valence-corrected chi connectivity index (χ2v) is 8.89. The molecule has 28 heavy (non-hydrogen) atoms. The van der Waals surface area contributed by atoms with Crippen molar-refractivity contribution in [1.29, 1.82) is 0 Å². The lowest BCUT2D eigenvalue weighted by molar-refractivity contribution is 0.0979. The molecule has 4 rings (SSSR count). The molecule has 2 aliphatic carbocycles. The molecular formula is C25H30FNO. The van der Waals surface area contributed by atoms with Gasteiger partial charge in [-0.3, -0.25) is 4.79 Å². The van der Waals surface area contributed by atoms with Gasteiger partial charge in [0.15, 0.2) is 5.78 Å². The maximum absolute atomic E-state index is 12.9. The highest BCUT2D eigenvalue weighted by molar-refractivity contribution is 5.95. The molecule has 0 bridgehead atoms. The minimum Gasteiger partial charge on any atom is -0.314 e. The summed E-state index contributed by atoms with van der Waals surface area (Å²) in [4.78, 5) is 12.2. The summed E-state index contributed by atoms with van der Waals surface area (Å²) in [6, 6.07) is 13.4. The molecule has 2 aromatic carbocycles. The topological polar surface area (TPSA) is 29.1 Å². The van der Waals surface area contributed by atoms with E-state index >= 15 is 0 Å². The summed E-state index contributed by atoms with van der Waals surface area (Å²) in [5.41, 5.74) is 5.62. The van der Waals surface area contributed by atoms with Gasteiger partial charge in [-0.25, -0.2) is 4.39 Å². The highest BCUT2D eigenvalue weighted by Crippen LogP contribution is 2.47. The Labute approximate surface area is 167 Å². The molecule has 2 nitrogen and oxygen atoms in total. The van der Waals surface area contributed by atoms with Crippen molar-refractivity contribution in [3.05, 3.63) is 70.5 Å². The van der Waals surface area contributed by atoms with Crippen molar-refractivity contribution in [1.82, 2.24) is 5.32 Å². The number of rotatable bonds is 6. The maximum atomic E-state index is 12.9. The zero-order valence-corrected chi connectivity index (χ0v) is 16.8. The minimum absolute atomic E-state index is 0.100. The summed E-state index contributed by atoms with van der Waals surface area (Å²) in [7, 11) is 0. The number of aryl methyl sites for hydroxylation is 1. The summed E-state index contributed by atoms with van der Waals surface area (Å²) < 4.78 is 12.9. The summed E-state index contributed by atoms with van der Waals surface area (Å²) >= 11 is 0. The van der Waals surface area contributed by atoms with Gasteiger partial charge in [-0.2, -0.15) is 0 Å². The van der Waals surface area contributed by atoms with Crippen LogP contribution in [0.15, 0.2) is 42.5 Å². The van der Waals surface area contributed by atoms with Crippen molar-refractivity contribution in [3.8, 4) is 0 Å². The number of hydrogen-bond donors (Lipinski definition) is 1. The van der Waals surface area contributed by atoms with Crippen molar-refractivity contribution < 1.29 is 9.18 Å². The third kappa shape index (κ3) is 4.35. The van der Waals surface area contributed by atoms with Crippen LogP contribution < -0.4 is 5.32 Å². The number of carbonyl (C=O) groups is 1. The van der Waals surface area contributed by atoms with Crippen molar-refractivity contribution in [2.75, 3.05) is 6.54 Å². The minimum atomic E-state index is -0.297. The molecule has 3 heteroatoms. The second kappa shape index (κ2) is 8.16. The molecular weight excluding hydrogens is 349 g/mol. The van der Waals surface area contributed by atoms with Gasteiger partial charge in [0.05, 0.1) is 0 Å². The lowest BCUT2D eigenvalue weighted by atomic mass is 9.70. The smallest absolute Gasteiger partial charge is 0.162 e. The lowest BCUT2D eigenvalue weighted by Gasteiger charge is -2.37. The number of fused-ring (bicyclic) bond motifs is 1. The number of nitrogens with one attached hydrogen (secondary N) is 1. The van der Waals surface area contributed by atoms with Crippen LogP contribution in [-0.4, -0.2) is 18.4 Å². The SMILES string of the molecule is Cc1ccc2c(c1)CC1(CCC(NCCCC(=O)c3ccc(F)cc3)CC1)C2. The summed E-state index contributed by atoms with van der Waals surface area (Å²) in [5, 5.41) is 3.66. The molecule has 0 radical (unpaired) electrons. The highest BCUT2D eigenvalue weighted by Gasteiger charge is 2.39. The largest absolute Gasteiger partial charge is 0.314 e. The van der Waals surface area contributed by atoms with E-state index in [1.54, 1.807) is 23.3 Å². The summed E-state index contributed by atoms with van der Waals surface area (Å²) in [5.74, 6) is -0.197. The molecule has 1 spiro atoms. The van der Waals surface area contributed by atoms with E-state index in [0.29, 0.717) is 23.4 Å². The average molecular weight is 380 g/mol. The van der Waals surface area contributed by atoms with Gasteiger partial charge in [0.2, 0.25) is 0 Å². The molecule has 0 heterocycles. The van der Waals surface area contributed by atoms with Crippen LogP contribution in [0.1, 0.15) is 65.6 Å². The van der Waals surface area contributed by atoms with Crippen molar-refractivity contribution in [2.45, 2.75) is 64.3 Å². The van der Waals surface area contributed by atoms with Crippen LogP contribution in [0.5, 0.6) is 0 Å². The molecule has 0 atom stereocenters. The number of carbonyl (C=O) groups excluding carboxylic acids is 1. The molecule has 0 saturated heterocycles. The van der Waals surface area contributed by atoms with Gasteiger partial charge in [0, 0.05) is 18.0 Å². The van der Waals surface area contributed by atoms with Crippen LogP contribution in [0.4, 0.5) is 4.39 Å². The van der Waals surface area contributed by atoms with Gasteiger partial charge in [0.25, 0.3) is 0 Å². The zero-order chi connectivity index (χ0) is 19.6. The van der Waals surface area contributed by atoms with Crippen molar-refractivity contribution >= 4 is 5.78 Å². The molecule has 0 aliphatic heterocycles. The first-order valence-electron chi connectivity index (χ1n) is 10.6. The summed E-state index contributed by atoms with van der Waals surface area (Å²) in [6.45, 7) is 3.07. The molecule has 1 fully saturated rings. The molecule has 0 unspecified atom stereocenters. The van der Waals surface area contributed by atoms with Crippen LogP contribution in [0, 0.1) is 18.2 Å². The fourth-order valence-electron chi connectivity index (χ4n) is 5.09. The molecule has 2 aromatic rings. The first-order chi connectivity index (χ1) is 13.5. The predicted octanol–water partition coefficient (Wildman–Crippen LogP) is 5.41. The van der Waals surface area contributed by atoms with E-state index in [2.05, 4.69) is 30.4 Å². The Kier molecular flexibility index (Phi) is 5.63. The first-order valence-corrected chi connectivity index (χ1v) is 10.6. The molecule has 2 aliphatic rings. The third-order valence-electron chi connectivity index (χ3n) is 6.72. The monoisotopic (exact) mass is 379 g/mol. The van der Waals surface area contributed by atoms with E-state index in [1.165, 1.54) is 56.2 Å². The van der Waals surface area contributed by atoms with Gasteiger partial charge in [-0.15, -0.1) is 0 Å². The van der Waals surface area contributed by atoms with E-state index in [1.807, 2.05) is 0 Å². The predicted molar refractivity (Wildman–Crippen MR) is 111 cm³/mol. The van der Waals surface area contributed by atoms with Crippen molar-refractivity contribution in [2.24, 2.45) is 5.41 Å². The Morgan fingerprint density at radius 2 is 1.79 bits per heavy atom. The third-order valence-corrected chi connectivity index (χ3v) is 6.72. The number of Topliss-reactive ketones (excluding diaryl/α,β-unsaturated/α-hetero) is 1. The van der Waals surface area contributed by atoms with Gasteiger partial charge >= 0.3 is 0 Å². The fourth-order valence-corrected chi connectivity index (χ4v) is 5.09. The molecule has 148 valence electrons. The molecule has 1 N–H and O–H groups in total.